The molecule has 3 heterocycles. The number of hydrogen-bond acceptors (Lipinski definition) is 3. The zero-order valence-corrected chi connectivity index (χ0v) is 23.9. The van der Waals surface area contributed by atoms with Crippen molar-refractivity contribution in [3.63, 3.8) is 0 Å². The first-order valence-corrected chi connectivity index (χ1v) is 16.1. The van der Waals surface area contributed by atoms with Gasteiger partial charge in [-0.3, -0.25) is 9.55 Å². The summed E-state index contributed by atoms with van der Waals surface area (Å²) >= 11 is 0. The van der Waals surface area contributed by atoms with Crippen molar-refractivity contribution in [2.75, 3.05) is 0 Å². The van der Waals surface area contributed by atoms with Gasteiger partial charge in [-0.15, -0.1) is 0 Å². The van der Waals surface area contributed by atoms with Crippen molar-refractivity contribution < 1.29 is 4.57 Å². The molecule has 0 bridgehead atoms. The van der Waals surface area contributed by atoms with Crippen LogP contribution >= 0.6 is 7.14 Å². The van der Waals surface area contributed by atoms with Crippen molar-refractivity contribution in [3.05, 3.63) is 146 Å². The fourth-order valence-electron chi connectivity index (χ4n) is 6.92. The normalized spacial score (nSPS) is 15.6. The molecule has 202 valence electrons. The maximum atomic E-state index is 15.4. The monoisotopic (exact) mass is 569 g/mol. The van der Waals surface area contributed by atoms with Crippen molar-refractivity contribution in [1.82, 2.24) is 14.5 Å². The molecule has 9 rings (SSSR count). The molecule has 0 saturated heterocycles. The van der Waals surface area contributed by atoms with Gasteiger partial charge in [0.1, 0.15) is 5.82 Å². The molecule has 0 spiro atoms. The number of fused-ring (bicyclic) bond motifs is 4. The highest BCUT2D eigenvalue weighted by atomic mass is 31.2. The van der Waals surface area contributed by atoms with Gasteiger partial charge in [0.05, 0.1) is 16.7 Å². The van der Waals surface area contributed by atoms with E-state index in [0.29, 0.717) is 0 Å². The van der Waals surface area contributed by atoms with Crippen LogP contribution in [0.4, 0.5) is 0 Å². The Morgan fingerprint density at radius 1 is 0.558 bits per heavy atom. The van der Waals surface area contributed by atoms with Gasteiger partial charge < -0.3 is 4.57 Å². The molecule has 8 aromatic rings. The second kappa shape index (κ2) is 9.09. The van der Waals surface area contributed by atoms with Gasteiger partial charge in [0.2, 0.25) is 0 Å². The topological polar surface area (TPSA) is 47.8 Å². The third-order valence-electron chi connectivity index (χ3n) is 8.68. The Balaban J connectivity index is 1.47. The summed E-state index contributed by atoms with van der Waals surface area (Å²) in [6.07, 6.45) is 3.75. The summed E-state index contributed by atoms with van der Waals surface area (Å²) < 4.78 is 17.6. The van der Waals surface area contributed by atoms with Crippen LogP contribution in [0.5, 0.6) is 0 Å². The van der Waals surface area contributed by atoms with E-state index in [1.807, 2.05) is 85.2 Å². The summed E-state index contributed by atoms with van der Waals surface area (Å²) in [6.45, 7) is 0. The van der Waals surface area contributed by atoms with Gasteiger partial charge >= 0.3 is 0 Å². The third kappa shape index (κ3) is 3.30. The average Bonchev–Trinajstić information content (AvgIpc) is 3.46. The highest BCUT2D eigenvalue weighted by Gasteiger charge is 2.40. The Morgan fingerprint density at radius 3 is 1.88 bits per heavy atom. The SMILES string of the molecule is O=P1(c2ccccc2)c2ccccc2-n2c(-c3c4ccccc4c(-c4cccnc4)c4ccccc34)nc3cccc1c32. The van der Waals surface area contributed by atoms with Crippen molar-refractivity contribution in [1.29, 1.82) is 0 Å². The molecule has 0 N–H and O–H groups in total. The molecule has 6 aromatic carbocycles. The van der Waals surface area contributed by atoms with Crippen LogP contribution in [0.3, 0.4) is 0 Å². The second-order valence-electron chi connectivity index (χ2n) is 10.9. The summed E-state index contributed by atoms with van der Waals surface area (Å²) in [5.74, 6) is 0.847. The number of aromatic nitrogens is 3. The molecule has 5 heteroatoms. The van der Waals surface area contributed by atoms with Crippen LogP contribution in [0.15, 0.2) is 146 Å². The molecular weight excluding hydrogens is 545 g/mol. The number of hydrogen-bond donors (Lipinski definition) is 0. The minimum absolute atomic E-state index is 0.828. The van der Waals surface area contributed by atoms with Crippen LogP contribution in [-0.4, -0.2) is 14.5 Å². The lowest BCUT2D eigenvalue weighted by Crippen LogP contribution is -2.32. The zero-order valence-electron chi connectivity index (χ0n) is 23.1. The van der Waals surface area contributed by atoms with Crippen LogP contribution in [0.25, 0.3) is 60.8 Å². The lowest BCUT2D eigenvalue weighted by atomic mass is 9.88. The van der Waals surface area contributed by atoms with Gasteiger partial charge in [0, 0.05) is 39.4 Å². The summed E-state index contributed by atoms with van der Waals surface area (Å²) in [6, 6.07) is 45.3. The molecule has 0 radical (unpaired) electrons. The van der Waals surface area contributed by atoms with E-state index in [4.69, 9.17) is 4.98 Å². The van der Waals surface area contributed by atoms with Gasteiger partial charge in [0.15, 0.2) is 7.14 Å². The van der Waals surface area contributed by atoms with Crippen molar-refractivity contribution in [3.8, 4) is 28.2 Å². The Hall–Kier alpha value is -5.31. The van der Waals surface area contributed by atoms with E-state index in [2.05, 4.69) is 70.2 Å². The summed E-state index contributed by atoms with van der Waals surface area (Å²) in [5.41, 5.74) is 5.96. The smallest absolute Gasteiger partial charge is 0.175 e. The van der Waals surface area contributed by atoms with Crippen LogP contribution in [0.1, 0.15) is 0 Å². The molecular formula is C38H24N3OP. The zero-order chi connectivity index (χ0) is 28.5. The van der Waals surface area contributed by atoms with E-state index in [1.54, 1.807) is 0 Å². The maximum Gasteiger partial charge on any atom is 0.175 e. The van der Waals surface area contributed by atoms with E-state index < -0.39 is 7.14 Å². The molecule has 43 heavy (non-hydrogen) atoms. The highest BCUT2D eigenvalue weighted by molar-refractivity contribution is 7.86. The van der Waals surface area contributed by atoms with Crippen molar-refractivity contribution in [2.24, 2.45) is 0 Å². The molecule has 0 amide bonds. The number of rotatable bonds is 3. The molecule has 1 aliphatic rings. The lowest BCUT2D eigenvalue weighted by Gasteiger charge is -2.29. The van der Waals surface area contributed by atoms with Crippen LogP contribution < -0.4 is 15.9 Å². The molecule has 4 nitrogen and oxygen atoms in total. The fraction of sp³-hybridized carbons (Fsp3) is 0. The number of benzene rings is 6. The first-order valence-electron chi connectivity index (χ1n) is 14.4. The quantitative estimate of drug-likeness (QED) is 0.160. The maximum absolute atomic E-state index is 15.4. The molecule has 0 fully saturated rings. The van der Waals surface area contributed by atoms with E-state index in [9.17, 15) is 0 Å². The first-order chi connectivity index (χ1) is 21.2. The number of imidazole rings is 1. The number of pyridine rings is 1. The lowest BCUT2D eigenvalue weighted by molar-refractivity contribution is 0.592. The van der Waals surface area contributed by atoms with Gasteiger partial charge in [-0.25, -0.2) is 4.98 Å². The third-order valence-corrected chi connectivity index (χ3v) is 11.8. The molecule has 1 aliphatic heterocycles. The Labute approximate surface area is 248 Å². The Bertz CT molecular complexity index is 2370. The van der Waals surface area contributed by atoms with Crippen LogP contribution in [-0.2, 0) is 4.57 Å². The second-order valence-corrected chi connectivity index (χ2v) is 13.6. The fourth-order valence-corrected chi connectivity index (χ4v) is 9.93. The minimum atomic E-state index is -3.15. The predicted molar refractivity (Wildman–Crippen MR) is 178 cm³/mol. The number of para-hydroxylation sites is 2. The Morgan fingerprint density at radius 2 is 1.19 bits per heavy atom. The number of nitrogens with zero attached hydrogens (tertiary/aromatic N) is 3. The van der Waals surface area contributed by atoms with Crippen molar-refractivity contribution in [2.45, 2.75) is 0 Å². The molecule has 1 unspecified atom stereocenters. The van der Waals surface area contributed by atoms with Gasteiger partial charge in [-0.2, -0.15) is 0 Å². The molecule has 0 aliphatic carbocycles. The minimum Gasteiger partial charge on any atom is -0.308 e. The highest BCUT2D eigenvalue weighted by Crippen LogP contribution is 2.51. The van der Waals surface area contributed by atoms with Gasteiger partial charge in [-0.05, 0) is 57.4 Å². The first kappa shape index (κ1) is 24.3. The Kier molecular flexibility index (Phi) is 5.14. The molecule has 2 aromatic heterocycles. The standard InChI is InChI=1S/C38H24N3OP/c42-43(26-13-2-1-3-14-26)33-21-9-8-20-32(33)41-37-31(19-10-22-34(37)43)40-38(41)36-29-17-6-4-15-27(29)35(25-12-11-23-39-24-25)28-16-5-7-18-30(28)36/h1-24H. The molecule has 0 saturated carbocycles. The van der Waals surface area contributed by atoms with Gasteiger partial charge in [0.25, 0.3) is 0 Å². The van der Waals surface area contributed by atoms with Crippen LogP contribution in [0.2, 0.25) is 0 Å². The van der Waals surface area contributed by atoms with E-state index in [1.165, 1.54) is 0 Å². The van der Waals surface area contributed by atoms with E-state index >= 15 is 4.57 Å². The summed E-state index contributed by atoms with van der Waals surface area (Å²) in [5, 5.41) is 7.01. The van der Waals surface area contributed by atoms with E-state index in [-0.39, 0.29) is 0 Å². The predicted octanol–water partition coefficient (Wildman–Crippen LogP) is 8.01. The largest absolute Gasteiger partial charge is 0.308 e. The van der Waals surface area contributed by atoms with Crippen molar-refractivity contribution >= 4 is 55.6 Å². The summed E-state index contributed by atoms with van der Waals surface area (Å²) in [4.78, 5) is 9.79. The average molecular weight is 570 g/mol. The van der Waals surface area contributed by atoms with E-state index in [0.717, 1.165) is 76.7 Å². The molecule has 1 atom stereocenters. The van der Waals surface area contributed by atoms with Crippen LogP contribution in [0, 0.1) is 0 Å². The van der Waals surface area contributed by atoms with Gasteiger partial charge in [-0.1, -0.05) is 103 Å². The summed E-state index contributed by atoms with van der Waals surface area (Å²) in [7, 11) is -3.15.